The monoisotopic (exact) mass is 331 g/mol. The van der Waals surface area contributed by atoms with Gasteiger partial charge in [-0.2, -0.15) is 0 Å². The average molecular weight is 331 g/mol. The normalized spacial score (nSPS) is 20.6. The van der Waals surface area contributed by atoms with Crippen LogP contribution in [0.1, 0.15) is 36.5 Å². The molecule has 0 unspecified atom stereocenters. The summed E-state index contributed by atoms with van der Waals surface area (Å²) in [4.78, 5) is 21.3. The van der Waals surface area contributed by atoms with Gasteiger partial charge in [0.2, 0.25) is 0 Å². The summed E-state index contributed by atoms with van der Waals surface area (Å²) in [5.74, 6) is 0.790. The average Bonchev–Trinajstić information content (AvgIpc) is 3.39. The van der Waals surface area contributed by atoms with Gasteiger partial charge in [0.1, 0.15) is 5.82 Å². The summed E-state index contributed by atoms with van der Waals surface area (Å²) in [6.45, 7) is 7.75. The molecule has 2 aliphatic rings. The van der Waals surface area contributed by atoms with Crippen molar-refractivity contribution in [1.29, 1.82) is 0 Å². The summed E-state index contributed by atoms with van der Waals surface area (Å²) in [6, 6.07) is 4.56. The zero-order valence-electron chi connectivity index (χ0n) is 14.8. The molecule has 6 nitrogen and oxygen atoms in total. The lowest BCUT2D eigenvalue weighted by atomic mass is 10.1. The molecule has 24 heavy (non-hydrogen) atoms. The molecular weight excluding hydrogens is 302 g/mol. The van der Waals surface area contributed by atoms with Crippen molar-refractivity contribution < 1.29 is 4.79 Å². The molecule has 132 valence electrons. The molecular formula is C18H29N5O. The van der Waals surface area contributed by atoms with Crippen LogP contribution in [-0.4, -0.2) is 72.5 Å². The van der Waals surface area contributed by atoms with E-state index < -0.39 is 0 Å². The third-order valence-electron chi connectivity index (χ3n) is 4.96. The van der Waals surface area contributed by atoms with Gasteiger partial charge < -0.3 is 15.5 Å². The lowest BCUT2D eigenvalue weighted by Crippen LogP contribution is -2.48. The Hall–Kier alpha value is -1.66. The largest absolute Gasteiger partial charge is 0.370 e. The molecule has 1 amide bonds. The number of aromatic nitrogens is 1. The summed E-state index contributed by atoms with van der Waals surface area (Å²) < 4.78 is 0. The van der Waals surface area contributed by atoms with Gasteiger partial charge in [0.25, 0.3) is 5.91 Å². The van der Waals surface area contributed by atoms with Crippen LogP contribution in [0.15, 0.2) is 18.3 Å². The minimum absolute atomic E-state index is 0.00811. The Morgan fingerprint density at radius 1 is 1.33 bits per heavy atom. The number of nitrogens with one attached hydrogen (secondary N) is 2. The predicted molar refractivity (Wildman–Crippen MR) is 96.4 cm³/mol. The highest BCUT2D eigenvalue weighted by Crippen LogP contribution is 2.19. The fourth-order valence-corrected chi connectivity index (χ4v) is 3.02. The molecule has 0 radical (unpaired) electrons. The second kappa shape index (κ2) is 7.94. The van der Waals surface area contributed by atoms with Gasteiger partial charge in [0.15, 0.2) is 0 Å². The number of carbonyl (C=O) groups is 1. The molecule has 1 saturated heterocycles. The molecule has 2 fully saturated rings. The highest BCUT2D eigenvalue weighted by Gasteiger charge is 2.24. The van der Waals surface area contributed by atoms with Gasteiger partial charge in [0.05, 0.1) is 0 Å². The smallest absolute Gasteiger partial charge is 0.251 e. The first-order chi connectivity index (χ1) is 11.6. The minimum Gasteiger partial charge on any atom is -0.370 e. The van der Waals surface area contributed by atoms with Crippen molar-refractivity contribution in [1.82, 2.24) is 20.1 Å². The summed E-state index contributed by atoms with van der Waals surface area (Å²) in [6.07, 6.45) is 4.98. The molecule has 0 bridgehead atoms. The van der Waals surface area contributed by atoms with E-state index in [2.05, 4.69) is 39.4 Å². The van der Waals surface area contributed by atoms with Gasteiger partial charge in [-0.15, -0.1) is 0 Å². The molecule has 1 aliphatic heterocycles. The van der Waals surface area contributed by atoms with Gasteiger partial charge in [0, 0.05) is 56.6 Å². The molecule has 3 rings (SSSR count). The molecule has 6 heteroatoms. The van der Waals surface area contributed by atoms with Crippen LogP contribution in [0.4, 0.5) is 5.82 Å². The molecule has 0 spiro atoms. The minimum atomic E-state index is 0.00811. The van der Waals surface area contributed by atoms with Crippen LogP contribution in [-0.2, 0) is 0 Å². The fraction of sp³-hybridized carbons (Fsp3) is 0.667. The number of nitrogens with zero attached hydrogens (tertiary/aromatic N) is 3. The number of carbonyl (C=O) groups excluding carboxylic acids is 1. The maximum atomic E-state index is 12.1. The number of anilines is 1. The third kappa shape index (κ3) is 4.92. The Morgan fingerprint density at radius 2 is 2.08 bits per heavy atom. The standard InChI is InChI=1S/C18H29N5O/c1-14(23-11-9-22(2)10-12-23)5-7-19-17-13-15(6-8-20-17)18(24)21-16-3-4-16/h6,8,13-14,16H,3-5,7,9-12H2,1-2H3,(H,19,20)(H,21,24)/t14-/m1/s1. The van der Waals surface area contributed by atoms with Crippen molar-refractivity contribution in [2.45, 2.75) is 38.3 Å². The van der Waals surface area contributed by atoms with E-state index in [-0.39, 0.29) is 5.91 Å². The molecule has 1 aromatic heterocycles. The molecule has 1 saturated carbocycles. The predicted octanol–water partition coefficient (Wildman–Crippen LogP) is 1.41. The van der Waals surface area contributed by atoms with Gasteiger partial charge in [-0.1, -0.05) is 0 Å². The van der Waals surface area contributed by atoms with E-state index in [9.17, 15) is 4.79 Å². The Labute approximate surface area is 144 Å². The van der Waals surface area contributed by atoms with Crippen molar-refractivity contribution in [3.05, 3.63) is 23.9 Å². The summed E-state index contributed by atoms with van der Waals surface area (Å²) >= 11 is 0. The number of piperazine rings is 1. The fourth-order valence-electron chi connectivity index (χ4n) is 3.02. The molecule has 1 aliphatic carbocycles. The first-order valence-corrected chi connectivity index (χ1v) is 9.05. The highest BCUT2D eigenvalue weighted by molar-refractivity contribution is 5.95. The van der Waals surface area contributed by atoms with Gasteiger partial charge in [-0.25, -0.2) is 4.98 Å². The van der Waals surface area contributed by atoms with Crippen molar-refractivity contribution in [2.75, 3.05) is 45.1 Å². The Morgan fingerprint density at radius 3 is 2.79 bits per heavy atom. The van der Waals surface area contributed by atoms with Crippen molar-refractivity contribution >= 4 is 11.7 Å². The SMILES string of the molecule is C[C@H](CCNc1cc(C(=O)NC2CC2)ccn1)N1CCN(C)CC1. The zero-order valence-corrected chi connectivity index (χ0v) is 14.8. The van der Waals surface area contributed by atoms with E-state index in [1.807, 2.05) is 6.07 Å². The van der Waals surface area contributed by atoms with Crippen LogP contribution in [0, 0.1) is 0 Å². The van der Waals surface area contributed by atoms with E-state index in [1.165, 1.54) is 0 Å². The van der Waals surface area contributed by atoms with Crippen molar-refractivity contribution in [2.24, 2.45) is 0 Å². The van der Waals surface area contributed by atoms with E-state index in [0.29, 0.717) is 17.6 Å². The Kier molecular flexibility index (Phi) is 5.68. The first kappa shape index (κ1) is 17.2. The zero-order chi connectivity index (χ0) is 16.9. The number of rotatable bonds is 7. The third-order valence-corrected chi connectivity index (χ3v) is 4.96. The number of pyridine rings is 1. The highest BCUT2D eigenvalue weighted by atomic mass is 16.1. The van der Waals surface area contributed by atoms with Crippen LogP contribution in [0.2, 0.25) is 0 Å². The van der Waals surface area contributed by atoms with Crippen LogP contribution in [0.3, 0.4) is 0 Å². The molecule has 1 atom stereocenters. The molecule has 1 aromatic rings. The van der Waals surface area contributed by atoms with Gasteiger partial charge >= 0.3 is 0 Å². The number of likely N-dealkylation sites (N-methyl/N-ethyl adjacent to an activating group) is 1. The quantitative estimate of drug-likeness (QED) is 0.791. The Balaban J connectivity index is 1.43. The second-order valence-corrected chi connectivity index (χ2v) is 7.08. The second-order valence-electron chi connectivity index (χ2n) is 7.08. The van der Waals surface area contributed by atoms with Gasteiger partial charge in [-0.3, -0.25) is 9.69 Å². The van der Waals surface area contributed by atoms with Crippen LogP contribution >= 0.6 is 0 Å². The first-order valence-electron chi connectivity index (χ1n) is 9.05. The molecule has 0 aromatic carbocycles. The lowest BCUT2D eigenvalue weighted by molar-refractivity contribution is 0.0951. The van der Waals surface area contributed by atoms with Crippen molar-refractivity contribution in [3.8, 4) is 0 Å². The maximum Gasteiger partial charge on any atom is 0.251 e. The van der Waals surface area contributed by atoms with E-state index in [4.69, 9.17) is 0 Å². The van der Waals surface area contributed by atoms with E-state index in [1.54, 1.807) is 12.3 Å². The van der Waals surface area contributed by atoms with E-state index in [0.717, 1.165) is 57.8 Å². The molecule has 2 heterocycles. The number of amides is 1. The van der Waals surface area contributed by atoms with Gasteiger partial charge in [-0.05, 0) is 45.4 Å². The maximum absolute atomic E-state index is 12.1. The number of hydrogen-bond acceptors (Lipinski definition) is 5. The van der Waals surface area contributed by atoms with E-state index >= 15 is 0 Å². The summed E-state index contributed by atoms with van der Waals surface area (Å²) in [7, 11) is 2.18. The Bertz CT molecular complexity index is 552. The molecule has 2 N–H and O–H groups in total. The van der Waals surface area contributed by atoms with Crippen LogP contribution in [0.5, 0.6) is 0 Å². The van der Waals surface area contributed by atoms with Crippen LogP contribution in [0.25, 0.3) is 0 Å². The van der Waals surface area contributed by atoms with Crippen LogP contribution < -0.4 is 10.6 Å². The lowest BCUT2D eigenvalue weighted by Gasteiger charge is -2.36. The summed E-state index contributed by atoms with van der Waals surface area (Å²) in [5, 5.41) is 6.37. The topological polar surface area (TPSA) is 60.5 Å². The van der Waals surface area contributed by atoms with Crippen molar-refractivity contribution in [3.63, 3.8) is 0 Å². The number of hydrogen-bond donors (Lipinski definition) is 2. The summed E-state index contributed by atoms with van der Waals surface area (Å²) in [5.41, 5.74) is 0.687.